The number of benzene rings is 1. The summed E-state index contributed by atoms with van der Waals surface area (Å²) in [6.45, 7) is 6.23. The van der Waals surface area contributed by atoms with Crippen LogP contribution in [0.1, 0.15) is 19.7 Å². The van der Waals surface area contributed by atoms with Crippen LogP contribution in [0.25, 0.3) is 11.8 Å². The molecule has 1 aromatic heterocycles. The summed E-state index contributed by atoms with van der Waals surface area (Å²) in [5.74, 6) is 0.564. The van der Waals surface area contributed by atoms with Gasteiger partial charge in [-0.2, -0.15) is 0 Å². The molecule has 0 saturated heterocycles. The van der Waals surface area contributed by atoms with Crippen molar-refractivity contribution in [2.45, 2.75) is 13.8 Å². The first-order valence-electron chi connectivity index (χ1n) is 6.87. The highest BCUT2D eigenvalue weighted by atomic mass is 35.5. The van der Waals surface area contributed by atoms with Crippen molar-refractivity contribution in [3.63, 3.8) is 0 Å². The average Bonchev–Trinajstić information content (AvgIpc) is 2.97. The van der Waals surface area contributed by atoms with E-state index in [2.05, 4.69) is 34.2 Å². The molecule has 0 radical (unpaired) electrons. The lowest BCUT2D eigenvalue weighted by molar-refractivity contribution is 0.419. The summed E-state index contributed by atoms with van der Waals surface area (Å²) in [6, 6.07) is 7.28. The van der Waals surface area contributed by atoms with E-state index in [9.17, 15) is 0 Å². The number of allylic oxidation sites excluding steroid dienone is 2. The molecule has 1 aromatic carbocycles. The van der Waals surface area contributed by atoms with Crippen LogP contribution in [0.3, 0.4) is 0 Å². The van der Waals surface area contributed by atoms with E-state index in [4.69, 9.17) is 11.6 Å². The molecule has 2 aromatic rings. The Bertz CT molecular complexity index is 611. The van der Waals surface area contributed by atoms with Gasteiger partial charge in [-0.15, -0.1) is 15.0 Å². The maximum Gasteiger partial charge on any atom is 0.198 e. The van der Waals surface area contributed by atoms with Crippen molar-refractivity contribution < 1.29 is 0 Å². The van der Waals surface area contributed by atoms with E-state index in [0.717, 1.165) is 18.8 Å². The lowest BCUT2D eigenvalue weighted by atomic mass is 10.3. The molecule has 0 atom stereocenters. The van der Waals surface area contributed by atoms with Crippen molar-refractivity contribution in [1.82, 2.24) is 25.1 Å². The van der Waals surface area contributed by atoms with Gasteiger partial charge in [-0.05, 0) is 61.7 Å². The fourth-order valence-corrected chi connectivity index (χ4v) is 1.85. The van der Waals surface area contributed by atoms with Gasteiger partial charge in [0.05, 0.1) is 5.69 Å². The Labute approximate surface area is 129 Å². The molecule has 2 rings (SSSR count). The Morgan fingerprint density at radius 3 is 2.52 bits per heavy atom. The van der Waals surface area contributed by atoms with Crippen molar-refractivity contribution >= 4 is 17.7 Å². The van der Waals surface area contributed by atoms with E-state index in [0.29, 0.717) is 10.8 Å². The summed E-state index contributed by atoms with van der Waals surface area (Å²) in [7, 11) is 0. The quantitative estimate of drug-likeness (QED) is 0.769. The first-order chi connectivity index (χ1) is 10.2. The van der Waals surface area contributed by atoms with Gasteiger partial charge in [0.1, 0.15) is 0 Å². The average molecular weight is 304 g/mol. The van der Waals surface area contributed by atoms with Gasteiger partial charge in [0, 0.05) is 18.1 Å². The zero-order chi connectivity index (χ0) is 15.1. The molecule has 0 aliphatic carbocycles. The highest BCUT2D eigenvalue weighted by molar-refractivity contribution is 6.30. The largest absolute Gasteiger partial charge is 0.378 e. The van der Waals surface area contributed by atoms with Crippen LogP contribution in [0, 0.1) is 0 Å². The molecule has 0 aliphatic heterocycles. The Kier molecular flexibility index (Phi) is 5.51. The molecule has 0 spiro atoms. The molecule has 0 unspecified atom stereocenters. The molecule has 6 heteroatoms. The Balaban J connectivity index is 2.01. The van der Waals surface area contributed by atoms with Crippen LogP contribution in [-0.2, 0) is 0 Å². The highest BCUT2D eigenvalue weighted by Gasteiger charge is 2.01. The molecule has 110 valence electrons. The third-order valence-electron chi connectivity index (χ3n) is 2.95. The Morgan fingerprint density at radius 2 is 1.86 bits per heavy atom. The lowest BCUT2D eigenvalue weighted by Crippen LogP contribution is -2.14. The molecule has 5 nitrogen and oxygen atoms in total. The van der Waals surface area contributed by atoms with Gasteiger partial charge in [-0.25, -0.2) is 0 Å². The zero-order valence-corrected chi connectivity index (χ0v) is 12.9. The summed E-state index contributed by atoms with van der Waals surface area (Å²) in [4.78, 5) is 3.67. The van der Waals surface area contributed by atoms with Crippen molar-refractivity contribution in [2.75, 3.05) is 13.1 Å². The second-order valence-electron chi connectivity index (χ2n) is 4.34. The topological polar surface area (TPSA) is 46.8 Å². The first-order valence-corrected chi connectivity index (χ1v) is 7.25. The third-order valence-corrected chi connectivity index (χ3v) is 3.20. The van der Waals surface area contributed by atoms with E-state index >= 15 is 0 Å². The number of halogens is 1. The maximum atomic E-state index is 5.85. The zero-order valence-electron chi connectivity index (χ0n) is 12.1. The second-order valence-corrected chi connectivity index (χ2v) is 4.77. The van der Waals surface area contributed by atoms with Gasteiger partial charge in [-0.3, -0.25) is 0 Å². The van der Waals surface area contributed by atoms with Gasteiger partial charge in [0.2, 0.25) is 0 Å². The summed E-state index contributed by atoms with van der Waals surface area (Å²) < 4.78 is 0. The van der Waals surface area contributed by atoms with Gasteiger partial charge in [-0.1, -0.05) is 17.7 Å². The SMILES string of the molecule is CCN(C=CC=Cc1nnn(-c2ccc(Cl)cc2)n1)CC. The van der Waals surface area contributed by atoms with Gasteiger partial charge in [0.15, 0.2) is 5.82 Å². The van der Waals surface area contributed by atoms with Gasteiger partial charge < -0.3 is 4.90 Å². The molecule has 0 amide bonds. The van der Waals surface area contributed by atoms with E-state index in [-0.39, 0.29) is 0 Å². The number of hydrogen-bond acceptors (Lipinski definition) is 4. The van der Waals surface area contributed by atoms with Crippen LogP contribution >= 0.6 is 11.6 Å². The van der Waals surface area contributed by atoms with Crippen LogP contribution in [0.2, 0.25) is 5.02 Å². The molecule has 0 aliphatic rings. The lowest BCUT2D eigenvalue weighted by Gasteiger charge is -2.13. The maximum absolute atomic E-state index is 5.85. The van der Waals surface area contributed by atoms with Crippen molar-refractivity contribution in [3.05, 3.63) is 53.5 Å². The fourth-order valence-electron chi connectivity index (χ4n) is 1.72. The van der Waals surface area contributed by atoms with Crippen LogP contribution in [-0.4, -0.2) is 38.2 Å². The molecule has 0 saturated carbocycles. The predicted octanol–water partition coefficient (Wildman–Crippen LogP) is 3.18. The summed E-state index contributed by atoms with van der Waals surface area (Å²) in [5, 5.41) is 13.0. The van der Waals surface area contributed by atoms with E-state index in [1.807, 2.05) is 36.6 Å². The van der Waals surface area contributed by atoms with Crippen LogP contribution < -0.4 is 0 Å². The Hall–Kier alpha value is -2.14. The van der Waals surface area contributed by atoms with Crippen LogP contribution in [0.5, 0.6) is 0 Å². The monoisotopic (exact) mass is 303 g/mol. The summed E-state index contributed by atoms with van der Waals surface area (Å²) in [5.41, 5.74) is 0.824. The molecule has 1 heterocycles. The predicted molar refractivity (Wildman–Crippen MR) is 85.3 cm³/mol. The van der Waals surface area contributed by atoms with Gasteiger partial charge in [0.25, 0.3) is 0 Å². The van der Waals surface area contributed by atoms with Crippen molar-refractivity contribution in [1.29, 1.82) is 0 Å². The van der Waals surface area contributed by atoms with Gasteiger partial charge >= 0.3 is 0 Å². The second kappa shape index (κ2) is 7.59. The molecule has 0 bridgehead atoms. The summed E-state index contributed by atoms with van der Waals surface area (Å²) in [6.07, 6.45) is 7.73. The molecule has 0 fully saturated rings. The standard InChI is InChI=1S/C15H18ClN5/c1-3-20(4-2)12-6-5-7-15-17-19-21(18-15)14-10-8-13(16)9-11-14/h5-12H,3-4H2,1-2H3. The van der Waals surface area contributed by atoms with E-state index in [1.165, 1.54) is 4.80 Å². The minimum atomic E-state index is 0.564. The molecule has 0 N–H and O–H groups in total. The number of aromatic nitrogens is 4. The van der Waals surface area contributed by atoms with E-state index in [1.54, 1.807) is 12.1 Å². The summed E-state index contributed by atoms with van der Waals surface area (Å²) >= 11 is 5.85. The van der Waals surface area contributed by atoms with Crippen molar-refractivity contribution in [3.8, 4) is 5.69 Å². The highest BCUT2D eigenvalue weighted by Crippen LogP contribution is 2.11. The van der Waals surface area contributed by atoms with Crippen LogP contribution in [0.4, 0.5) is 0 Å². The molecular weight excluding hydrogens is 286 g/mol. The minimum Gasteiger partial charge on any atom is -0.378 e. The number of hydrogen-bond donors (Lipinski definition) is 0. The third kappa shape index (κ3) is 4.43. The molecule has 21 heavy (non-hydrogen) atoms. The normalized spacial score (nSPS) is 11.6. The smallest absolute Gasteiger partial charge is 0.198 e. The van der Waals surface area contributed by atoms with Crippen LogP contribution in [0.15, 0.2) is 42.6 Å². The fraction of sp³-hybridized carbons (Fsp3) is 0.267. The number of rotatable bonds is 6. The number of nitrogens with zero attached hydrogens (tertiary/aromatic N) is 5. The first kappa shape index (κ1) is 15.3. The van der Waals surface area contributed by atoms with Crippen molar-refractivity contribution in [2.24, 2.45) is 0 Å². The minimum absolute atomic E-state index is 0.564. The Morgan fingerprint density at radius 1 is 1.14 bits per heavy atom. The van der Waals surface area contributed by atoms with E-state index < -0.39 is 0 Å². The molecular formula is C15H18ClN5. The number of tetrazole rings is 1.